The van der Waals surface area contributed by atoms with Crippen molar-refractivity contribution in [3.05, 3.63) is 46.2 Å². The molecule has 6 nitrogen and oxygen atoms in total. The summed E-state index contributed by atoms with van der Waals surface area (Å²) >= 11 is 1.50. The molecule has 0 bridgehead atoms. The van der Waals surface area contributed by atoms with Crippen LogP contribution in [0.25, 0.3) is 0 Å². The van der Waals surface area contributed by atoms with Crippen LogP contribution >= 0.6 is 11.3 Å². The fraction of sp³-hybridized carbons (Fsp3) is 0.294. The predicted octanol–water partition coefficient (Wildman–Crippen LogP) is 2.42. The van der Waals surface area contributed by atoms with Crippen molar-refractivity contribution in [2.75, 3.05) is 20.8 Å². The lowest BCUT2D eigenvalue weighted by atomic mass is 10.1. The molecular formula is C17H19NO5S. The van der Waals surface area contributed by atoms with E-state index in [1.54, 1.807) is 18.2 Å². The van der Waals surface area contributed by atoms with Gasteiger partial charge in [-0.05, 0) is 40.1 Å². The smallest absolute Gasteiger partial charge is 0.323 e. The van der Waals surface area contributed by atoms with E-state index in [4.69, 9.17) is 14.6 Å². The average molecular weight is 349 g/mol. The summed E-state index contributed by atoms with van der Waals surface area (Å²) in [5.74, 6) is -0.115. The molecular weight excluding hydrogens is 330 g/mol. The number of ether oxygens (including phenoxy) is 2. The molecule has 24 heavy (non-hydrogen) atoms. The fourth-order valence-electron chi connectivity index (χ4n) is 2.25. The number of rotatable bonds is 8. The van der Waals surface area contributed by atoms with Gasteiger partial charge < -0.3 is 19.5 Å². The second-order valence-corrected chi connectivity index (χ2v) is 5.95. The van der Waals surface area contributed by atoms with Crippen LogP contribution in [0.4, 0.5) is 0 Å². The van der Waals surface area contributed by atoms with Gasteiger partial charge in [0.1, 0.15) is 18.0 Å². The van der Waals surface area contributed by atoms with E-state index in [1.807, 2.05) is 16.8 Å². The zero-order valence-corrected chi connectivity index (χ0v) is 14.3. The molecule has 7 heteroatoms. The van der Waals surface area contributed by atoms with E-state index in [0.717, 1.165) is 11.1 Å². The highest BCUT2D eigenvalue weighted by atomic mass is 32.1. The number of hydrogen-bond acceptors (Lipinski definition) is 5. The topological polar surface area (TPSA) is 76.1 Å². The average Bonchev–Trinajstić information content (AvgIpc) is 3.06. The third-order valence-electron chi connectivity index (χ3n) is 3.40. The van der Waals surface area contributed by atoms with Crippen molar-refractivity contribution in [1.82, 2.24) is 4.90 Å². The van der Waals surface area contributed by atoms with Crippen molar-refractivity contribution < 1.29 is 24.2 Å². The van der Waals surface area contributed by atoms with E-state index >= 15 is 0 Å². The number of carbonyl (C=O) groups excluding carboxylic acids is 1. The molecule has 0 saturated heterocycles. The first-order chi connectivity index (χ1) is 11.5. The van der Waals surface area contributed by atoms with Gasteiger partial charge in [0.15, 0.2) is 0 Å². The summed E-state index contributed by atoms with van der Waals surface area (Å²) in [5.41, 5.74) is 1.62. The van der Waals surface area contributed by atoms with E-state index < -0.39 is 5.97 Å². The van der Waals surface area contributed by atoms with Gasteiger partial charge in [0.2, 0.25) is 5.91 Å². The Morgan fingerprint density at radius 1 is 1.12 bits per heavy atom. The van der Waals surface area contributed by atoms with Gasteiger partial charge >= 0.3 is 5.97 Å². The van der Waals surface area contributed by atoms with Gasteiger partial charge in [-0.25, -0.2) is 0 Å². The maximum Gasteiger partial charge on any atom is 0.323 e. The highest BCUT2D eigenvalue weighted by molar-refractivity contribution is 7.08. The Morgan fingerprint density at radius 3 is 2.29 bits per heavy atom. The van der Waals surface area contributed by atoms with E-state index in [-0.39, 0.29) is 25.4 Å². The minimum atomic E-state index is -1.05. The monoisotopic (exact) mass is 349 g/mol. The highest BCUT2D eigenvalue weighted by Crippen LogP contribution is 2.23. The van der Waals surface area contributed by atoms with Crippen molar-refractivity contribution in [1.29, 1.82) is 0 Å². The summed E-state index contributed by atoms with van der Waals surface area (Å²) in [5, 5.41) is 12.9. The number of methoxy groups -OCH3 is 2. The molecule has 1 aromatic heterocycles. The summed E-state index contributed by atoms with van der Waals surface area (Å²) < 4.78 is 10.4. The molecule has 0 spiro atoms. The second-order valence-electron chi connectivity index (χ2n) is 5.17. The van der Waals surface area contributed by atoms with Gasteiger partial charge in [0.25, 0.3) is 0 Å². The molecule has 0 atom stereocenters. The van der Waals surface area contributed by atoms with Gasteiger partial charge in [-0.2, -0.15) is 11.3 Å². The molecule has 0 radical (unpaired) electrons. The van der Waals surface area contributed by atoms with Crippen LogP contribution in [-0.4, -0.2) is 42.6 Å². The first-order valence-corrected chi connectivity index (χ1v) is 8.18. The van der Waals surface area contributed by atoms with Crippen LogP contribution < -0.4 is 9.47 Å². The molecule has 0 aliphatic rings. The Hall–Kier alpha value is -2.54. The highest BCUT2D eigenvalue weighted by Gasteiger charge is 2.18. The molecule has 0 saturated carbocycles. The molecule has 0 unspecified atom stereocenters. The van der Waals surface area contributed by atoms with Crippen LogP contribution in [0.1, 0.15) is 11.1 Å². The standard InChI is InChI=1S/C17H19NO5S/c1-22-14-5-13(6-15(8-14)23-2)9-18(10-17(20)21)16(19)7-12-3-4-24-11-12/h3-6,8,11H,7,9-10H2,1-2H3,(H,20,21). The maximum absolute atomic E-state index is 12.5. The van der Waals surface area contributed by atoms with Crippen molar-refractivity contribution in [3.8, 4) is 11.5 Å². The fourth-order valence-corrected chi connectivity index (χ4v) is 2.92. The van der Waals surface area contributed by atoms with Crippen molar-refractivity contribution in [2.24, 2.45) is 0 Å². The largest absolute Gasteiger partial charge is 0.497 e. The van der Waals surface area contributed by atoms with Gasteiger partial charge in [-0.1, -0.05) is 0 Å². The molecule has 1 aromatic carbocycles. The van der Waals surface area contributed by atoms with Crippen LogP contribution in [0.15, 0.2) is 35.0 Å². The molecule has 0 aliphatic heterocycles. The molecule has 128 valence electrons. The number of carboxylic acids is 1. The third-order valence-corrected chi connectivity index (χ3v) is 4.13. The maximum atomic E-state index is 12.5. The van der Waals surface area contributed by atoms with Gasteiger partial charge in [-0.3, -0.25) is 9.59 Å². The number of thiophene rings is 1. The van der Waals surface area contributed by atoms with Gasteiger partial charge in [0.05, 0.1) is 20.6 Å². The molecule has 1 amide bonds. The minimum absolute atomic E-state index is 0.169. The Kier molecular flexibility index (Phi) is 6.20. The number of hydrogen-bond donors (Lipinski definition) is 1. The quantitative estimate of drug-likeness (QED) is 0.792. The number of nitrogens with zero attached hydrogens (tertiary/aromatic N) is 1. The number of carbonyl (C=O) groups is 2. The second kappa shape index (κ2) is 8.35. The Morgan fingerprint density at radius 2 is 1.79 bits per heavy atom. The number of aliphatic carboxylic acids is 1. The summed E-state index contributed by atoms with van der Waals surface area (Å²) in [4.78, 5) is 24.9. The number of benzene rings is 1. The predicted molar refractivity (Wildman–Crippen MR) is 90.6 cm³/mol. The first kappa shape index (κ1) is 17.8. The number of carboxylic acid groups (broad SMARTS) is 1. The van der Waals surface area contributed by atoms with Gasteiger partial charge in [-0.15, -0.1) is 0 Å². The van der Waals surface area contributed by atoms with Crippen LogP contribution in [0.5, 0.6) is 11.5 Å². The summed E-state index contributed by atoms with van der Waals surface area (Å²) in [6.45, 7) is -0.189. The lowest BCUT2D eigenvalue weighted by Crippen LogP contribution is -2.36. The molecule has 2 rings (SSSR count). The third kappa shape index (κ3) is 4.99. The van der Waals surface area contributed by atoms with E-state index in [9.17, 15) is 9.59 Å². The van der Waals surface area contributed by atoms with Crippen molar-refractivity contribution in [3.63, 3.8) is 0 Å². The van der Waals surface area contributed by atoms with E-state index in [1.165, 1.54) is 30.5 Å². The summed E-state index contributed by atoms with van der Waals surface area (Å²) in [6, 6.07) is 7.10. The Balaban J connectivity index is 2.18. The van der Waals surface area contributed by atoms with Gasteiger partial charge in [0, 0.05) is 12.6 Å². The molecule has 1 heterocycles. The molecule has 2 aromatic rings. The van der Waals surface area contributed by atoms with Crippen molar-refractivity contribution in [2.45, 2.75) is 13.0 Å². The Labute approximate surface area is 144 Å². The SMILES string of the molecule is COc1cc(CN(CC(=O)O)C(=O)Cc2ccsc2)cc(OC)c1. The van der Waals surface area contributed by atoms with E-state index in [2.05, 4.69) is 0 Å². The lowest BCUT2D eigenvalue weighted by Gasteiger charge is -2.21. The minimum Gasteiger partial charge on any atom is -0.497 e. The number of amides is 1. The van der Waals surface area contributed by atoms with Crippen LogP contribution in [0, 0.1) is 0 Å². The van der Waals surface area contributed by atoms with E-state index in [0.29, 0.717) is 11.5 Å². The zero-order chi connectivity index (χ0) is 17.5. The van der Waals surface area contributed by atoms with Crippen LogP contribution in [-0.2, 0) is 22.6 Å². The summed E-state index contributed by atoms with van der Waals surface area (Å²) in [7, 11) is 3.07. The van der Waals surface area contributed by atoms with Crippen LogP contribution in [0.2, 0.25) is 0 Å². The Bertz CT molecular complexity index is 677. The van der Waals surface area contributed by atoms with Crippen LogP contribution in [0.3, 0.4) is 0 Å². The molecule has 0 fully saturated rings. The van der Waals surface area contributed by atoms with Crippen molar-refractivity contribution >= 4 is 23.2 Å². The normalized spacial score (nSPS) is 10.2. The molecule has 1 N–H and O–H groups in total. The summed E-state index contributed by atoms with van der Waals surface area (Å²) in [6.07, 6.45) is 0.178. The molecule has 0 aliphatic carbocycles. The zero-order valence-electron chi connectivity index (χ0n) is 13.5. The first-order valence-electron chi connectivity index (χ1n) is 7.24. The lowest BCUT2D eigenvalue weighted by molar-refractivity contribution is -0.144.